The Hall–Kier alpha value is -2.50. The Labute approximate surface area is 110 Å². The first-order valence-electron chi connectivity index (χ1n) is 5.69. The Morgan fingerprint density at radius 3 is 2.58 bits per heavy atom. The average molecular weight is 261 g/mol. The standard InChI is InChI=1S/C13H15N3O3/c1-8-10(7-14-16-8)13(17)15-9-4-5-11(18-2)12(6-9)19-3/h4-7H,1-3H3,(H,14,16)(H,15,17). The van der Waals surface area contributed by atoms with Crippen LogP contribution in [0.3, 0.4) is 0 Å². The summed E-state index contributed by atoms with van der Waals surface area (Å²) in [5.74, 6) is 0.947. The van der Waals surface area contributed by atoms with Crippen molar-refractivity contribution in [2.24, 2.45) is 0 Å². The molecule has 6 heteroatoms. The average Bonchev–Trinajstić information content (AvgIpc) is 2.85. The number of hydrogen-bond acceptors (Lipinski definition) is 4. The quantitative estimate of drug-likeness (QED) is 0.882. The minimum atomic E-state index is -0.224. The molecule has 100 valence electrons. The topological polar surface area (TPSA) is 76.2 Å². The fraction of sp³-hybridized carbons (Fsp3) is 0.231. The summed E-state index contributed by atoms with van der Waals surface area (Å²) in [5.41, 5.74) is 1.86. The lowest BCUT2D eigenvalue weighted by Gasteiger charge is -2.10. The first-order chi connectivity index (χ1) is 9.15. The van der Waals surface area contributed by atoms with E-state index < -0.39 is 0 Å². The molecule has 1 aromatic carbocycles. The van der Waals surface area contributed by atoms with Gasteiger partial charge in [0.2, 0.25) is 0 Å². The van der Waals surface area contributed by atoms with Gasteiger partial charge in [-0.1, -0.05) is 0 Å². The third-order valence-corrected chi connectivity index (χ3v) is 2.72. The number of carbonyl (C=O) groups is 1. The largest absolute Gasteiger partial charge is 0.493 e. The fourth-order valence-corrected chi connectivity index (χ4v) is 1.69. The Morgan fingerprint density at radius 1 is 1.26 bits per heavy atom. The van der Waals surface area contributed by atoms with Gasteiger partial charge in [-0.05, 0) is 19.1 Å². The molecule has 6 nitrogen and oxygen atoms in total. The van der Waals surface area contributed by atoms with Crippen molar-refractivity contribution in [3.8, 4) is 11.5 Å². The summed E-state index contributed by atoms with van der Waals surface area (Å²) in [6.45, 7) is 1.79. The summed E-state index contributed by atoms with van der Waals surface area (Å²) in [5, 5.41) is 9.31. The van der Waals surface area contributed by atoms with E-state index in [0.717, 1.165) is 5.69 Å². The van der Waals surface area contributed by atoms with Gasteiger partial charge in [0, 0.05) is 17.4 Å². The summed E-state index contributed by atoms with van der Waals surface area (Å²) in [6.07, 6.45) is 1.49. The number of rotatable bonds is 4. The van der Waals surface area contributed by atoms with Crippen LogP contribution in [-0.2, 0) is 0 Å². The molecular weight excluding hydrogens is 246 g/mol. The van der Waals surface area contributed by atoms with Crippen LogP contribution in [0.1, 0.15) is 16.1 Å². The molecule has 2 rings (SSSR count). The second-order valence-corrected chi connectivity index (χ2v) is 3.93. The smallest absolute Gasteiger partial charge is 0.259 e. The first-order valence-corrected chi connectivity index (χ1v) is 5.69. The lowest BCUT2D eigenvalue weighted by Crippen LogP contribution is -2.12. The summed E-state index contributed by atoms with van der Waals surface area (Å²) in [4.78, 5) is 12.0. The van der Waals surface area contributed by atoms with Crippen LogP contribution in [0.2, 0.25) is 0 Å². The van der Waals surface area contributed by atoms with Crippen molar-refractivity contribution in [3.63, 3.8) is 0 Å². The second kappa shape index (κ2) is 5.43. The van der Waals surface area contributed by atoms with Crippen LogP contribution in [0.15, 0.2) is 24.4 Å². The van der Waals surface area contributed by atoms with Crippen molar-refractivity contribution in [2.45, 2.75) is 6.92 Å². The highest BCUT2D eigenvalue weighted by molar-refractivity contribution is 6.04. The molecule has 0 atom stereocenters. The van der Waals surface area contributed by atoms with E-state index in [9.17, 15) is 4.79 Å². The highest BCUT2D eigenvalue weighted by Crippen LogP contribution is 2.29. The maximum absolute atomic E-state index is 12.0. The third kappa shape index (κ3) is 2.67. The molecule has 0 saturated heterocycles. The molecule has 0 bridgehead atoms. The van der Waals surface area contributed by atoms with Crippen LogP contribution in [0.25, 0.3) is 0 Å². The molecule has 0 spiro atoms. The van der Waals surface area contributed by atoms with Crippen LogP contribution in [0.5, 0.6) is 11.5 Å². The number of aromatic nitrogens is 2. The van der Waals surface area contributed by atoms with Gasteiger partial charge in [0.25, 0.3) is 5.91 Å². The molecule has 1 aromatic heterocycles. The SMILES string of the molecule is COc1ccc(NC(=O)c2cn[nH]c2C)cc1OC. The van der Waals surface area contributed by atoms with Gasteiger partial charge in [0.15, 0.2) is 11.5 Å². The normalized spacial score (nSPS) is 10.1. The van der Waals surface area contributed by atoms with Crippen molar-refractivity contribution < 1.29 is 14.3 Å². The molecule has 0 aliphatic heterocycles. The van der Waals surface area contributed by atoms with E-state index in [1.807, 2.05) is 0 Å². The Balaban J connectivity index is 2.20. The number of carbonyl (C=O) groups excluding carboxylic acids is 1. The van der Waals surface area contributed by atoms with Gasteiger partial charge < -0.3 is 14.8 Å². The number of benzene rings is 1. The van der Waals surface area contributed by atoms with Gasteiger partial charge in [-0.15, -0.1) is 0 Å². The maximum Gasteiger partial charge on any atom is 0.259 e. The second-order valence-electron chi connectivity index (χ2n) is 3.93. The van der Waals surface area contributed by atoms with Crippen molar-refractivity contribution in [3.05, 3.63) is 35.7 Å². The zero-order valence-corrected chi connectivity index (χ0v) is 11.0. The van der Waals surface area contributed by atoms with E-state index in [2.05, 4.69) is 15.5 Å². The van der Waals surface area contributed by atoms with Crippen LogP contribution in [0.4, 0.5) is 5.69 Å². The Bertz CT molecular complexity index is 593. The number of ether oxygens (including phenoxy) is 2. The number of H-pyrrole nitrogens is 1. The molecular formula is C13H15N3O3. The summed E-state index contributed by atoms with van der Waals surface area (Å²) >= 11 is 0. The van der Waals surface area contributed by atoms with E-state index >= 15 is 0 Å². The van der Waals surface area contributed by atoms with Crippen molar-refractivity contribution >= 4 is 11.6 Å². The van der Waals surface area contributed by atoms with Gasteiger partial charge in [-0.2, -0.15) is 5.10 Å². The van der Waals surface area contributed by atoms with E-state index in [0.29, 0.717) is 22.7 Å². The lowest BCUT2D eigenvalue weighted by molar-refractivity contribution is 0.102. The van der Waals surface area contributed by atoms with E-state index in [-0.39, 0.29) is 5.91 Å². The molecule has 0 saturated carbocycles. The molecule has 0 unspecified atom stereocenters. The maximum atomic E-state index is 12.0. The molecule has 1 amide bonds. The number of methoxy groups -OCH3 is 2. The van der Waals surface area contributed by atoms with Crippen LogP contribution in [-0.4, -0.2) is 30.3 Å². The zero-order chi connectivity index (χ0) is 13.8. The molecule has 0 aliphatic rings. The monoisotopic (exact) mass is 261 g/mol. The fourth-order valence-electron chi connectivity index (χ4n) is 1.69. The van der Waals surface area contributed by atoms with Gasteiger partial charge in [-0.3, -0.25) is 9.89 Å². The molecule has 0 radical (unpaired) electrons. The molecule has 2 N–H and O–H groups in total. The van der Waals surface area contributed by atoms with Gasteiger partial charge in [0.1, 0.15) is 0 Å². The van der Waals surface area contributed by atoms with E-state index in [1.165, 1.54) is 6.20 Å². The zero-order valence-electron chi connectivity index (χ0n) is 11.0. The number of nitrogens with one attached hydrogen (secondary N) is 2. The first kappa shape index (κ1) is 12.9. The highest BCUT2D eigenvalue weighted by atomic mass is 16.5. The Kier molecular flexibility index (Phi) is 3.70. The van der Waals surface area contributed by atoms with Crippen LogP contribution < -0.4 is 14.8 Å². The number of anilines is 1. The number of hydrogen-bond donors (Lipinski definition) is 2. The van der Waals surface area contributed by atoms with Crippen molar-refractivity contribution in [1.82, 2.24) is 10.2 Å². The van der Waals surface area contributed by atoms with Gasteiger partial charge in [-0.25, -0.2) is 0 Å². The van der Waals surface area contributed by atoms with Crippen molar-refractivity contribution in [2.75, 3.05) is 19.5 Å². The minimum absolute atomic E-state index is 0.224. The third-order valence-electron chi connectivity index (χ3n) is 2.72. The number of nitrogens with zero attached hydrogens (tertiary/aromatic N) is 1. The van der Waals surface area contributed by atoms with E-state index in [4.69, 9.17) is 9.47 Å². The predicted octanol–water partition coefficient (Wildman–Crippen LogP) is 1.99. The molecule has 0 fully saturated rings. The molecule has 2 aromatic rings. The van der Waals surface area contributed by atoms with Gasteiger partial charge in [0.05, 0.1) is 26.0 Å². The Morgan fingerprint density at radius 2 is 2.00 bits per heavy atom. The van der Waals surface area contributed by atoms with Crippen molar-refractivity contribution in [1.29, 1.82) is 0 Å². The summed E-state index contributed by atoms with van der Waals surface area (Å²) in [6, 6.07) is 5.18. The minimum Gasteiger partial charge on any atom is -0.493 e. The molecule has 0 aliphatic carbocycles. The summed E-state index contributed by atoms with van der Waals surface area (Å²) < 4.78 is 10.3. The van der Waals surface area contributed by atoms with Crippen LogP contribution in [0, 0.1) is 6.92 Å². The number of aryl methyl sites for hydroxylation is 1. The van der Waals surface area contributed by atoms with Crippen LogP contribution >= 0.6 is 0 Å². The van der Waals surface area contributed by atoms with Gasteiger partial charge >= 0.3 is 0 Å². The number of aromatic amines is 1. The molecule has 19 heavy (non-hydrogen) atoms. The predicted molar refractivity (Wildman–Crippen MR) is 70.8 cm³/mol. The highest BCUT2D eigenvalue weighted by Gasteiger charge is 2.12. The van der Waals surface area contributed by atoms with E-state index in [1.54, 1.807) is 39.3 Å². The lowest BCUT2D eigenvalue weighted by atomic mass is 10.2. The summed E-state index contributed by atoms with van der Waals surface area (Å²) in [7, 11) is 3.11. The number of amides is 1. The molecule has 1 heterocycles.